The lowest BCUT2D eigenvalue weighted by Gasteiger charge is -2.38. The number of carboxylic acid groups (broad SMARTS) is 1. The summed E-state index contributed by atoms with van der Waals surface area (Å²) in [6, 6.07) is 14.7. The van der Waals surface area contributed by atoms with Gasteiger partial charge in [-0.3, -0.25) is 9.59 Å². The van der Waals surface area contributed by atoms with E-state index in [1.807, 2.05) is 36.4 Å². The average molecular weight is 530 g/mol. The Labute approximate surface area is 228 Å². The summed E-state index contributed by atoms with van der Waals surface area (Å²) in [6.45, 7) is 5.69. The van der Waals surface area contributed by atoms with Crippen LogP contribution in [0.5, 0.6) is 0 Å². The van der Waals surface area contributed by atoms with Crippen molar-refractivity contribution in [2.75, 3.05) is 23.4 Å². The van der Waals surface area contributed by atoms with Gasteiger partial charge in [0.1, 0.15) is 0 Å². The van der Waals surface area contributed by atoms with E-state index < -0.39 is 5.97 Å². The summed E-state index contributed by atoms with van der Waals surface area (Å²) >= 11 is 0. The molecule has 5 rings (SSSR count). The number of amides is 2. The van der Waals surface area contributed by atoms with E-state index in [9.17, 15) is 19.5 Å². The van der Waals surface area contributed by atoms with Gasteiger partial charge in [-0.05, 0) is 61.6 Å². The predicted octanol–water partition coefficient (Wildman–Crippen LogP) is 5.33. The molecule has 2 aromatic carbocycles. The van der Waals surface area contributed by atoms with Gasteiger partial charge >= 0.3 is 5.97 Å². The van der Waals surface area contributed by atoms with Gasteiger partial charge in [0, 0.05) is 48.3 Å². The van der Waals surface area contributed by atoms with Gasteiger partial charge in [0.15, 0.2) is 0 Å². The number of hydrogen-bond acceptors (Lipinski definition) is 5. The lowest BCUT2D eigenvalue weighted by molar-refractivity contribution is -0.138. The average Bonchev–Trinajstić information content (AvgIpc) is 3.31. The van der Waals surface area contributed by atoms with E-state index >= 15 is 0 Å². The van der Waals surface area contributed by atoms with Crippen LogP contribution in [0.25, 0.3) is 0 Å². The minimum Gasteiger partial charge on any atom is -0.478 e. The monoisotopic (exact) mass is 529 g/mol. The normalized spacial score (nSPS) is 18.5. The maximum absolute atomic E-state index is 13.7. The van der Waals surface area contributed by atoms with Crippen LogP contribution in [0.15, 0.2) is 72.6 Å². The number of benzene rings is 2. The van der Waals surface area contributed by atoms with Crippen molar-refractivity contribution in [3.8, 4) is 0 Å². The second-order valence-electron chi connectivity index (χ2n) is 10.4. The van der Waals surface area contributed by atoms with Crippen LogP contribution in [-0.2, 0) is 20.9 Å². The number of fused-ring (bicyclic) bond motifs is 1. The number of carbonyl (C=O) groups is 3. The molecule has 0 aromatic heterocycles. The number of anilines is 2. The van der Waals surface area contributed by atoms with Gasteiger partial charge in [-0.2, -0.15) is 0 Å². The Kier molecular flexibility index (Phi) is 8.12. The first-order chi connectivity index (χ1) is 18.9. The highest BCUT2D eigenvalue weighted by Crippen LogP contribution is 2.32. The van der Waals surface area contributed by atoms with Crippen LogP contribution < -0.4 is 10.2 Å². The van der Waals surface area contributed by atoms with Crippen molar-refractivity contribution >= 4 is 29.2 Å². The fourth-order valence-corrected chi connectivity index (χ4v) is 5.78. The van der Waals surface area contributed by atoms with Crippen LogP contribution in [0.4, 0.5) is 11.4 Å². The van der Waals surface area contributed by atoms with Crippen LogP contribution in [0.2, 0.25) is 0 Å². The molecule has 0 unspecified atom stereocenters. The molecule has 0 spiro atoms. The molecule has 2 aromatic rings. The van der Waals surface area contributed by atoms with Crippen molar-refractivity contribution in [2.24, 2.45) is 5.92 Å². The summed E-state index contributed by atoms with van der Waals surface area (Å²) < 4.78 is 5.50. The zero-order valence-electron chi connectivity index (χ0n) is 22.1. The fourth-order valence-electron chi connectivity index (χ4n) is 5.78. The third-order valence-electron chi connectivity index (χ3n) is 7.96. The molecule has 8 heteroatoms. The highest BCUT2D eigenvalue weighted by molar-refractivity contribution is 6.10. The minimum atomic E-state index is -1.15. The quantitative estimate of drug-likeness (QED) is 0.354. The van der Waals surface area contributed by atoms with Gasteiger partial charge in [-0.1, -0.05) is 44.0 Å². The summed E-state index contributed by atoms with van der Waals surface area (Å²) in [5.41, 5.74) is 3.27. The molecule has 8 nitrogen and oxygen atoms in total. The van der Waals surface area contributed by atoms with E-state index in [2.05, 4.69) is 11.9 Å². The van der Waals surface area contributed by atoms with E-state index in [-0.39, 0.29) is 35.0 Å². The smallest absolute Gasteiger partial charge is 0.339 e. The highest BCUT2D eigenvalue weighted by Gasteiger charge is 2.35. The number of hydrogen-bond donors (Lipinski definition) is 2. The van der Waals surface area contributed by atoms with Gasteiger partial charge in [0.25, 0.3) is 5.91 Å². The number of carboxylic acids is 1. The topological polar surface area (TPSA) is 99.2 Å². The lowest BCUT2D eigenvalue weighted by Crippen LogP contribution is -2.46. The van der Waals surface area contributed by atoms with E-state index in [0.717, 1.165) is 43.4 Å². The Morgan fingerprint density at radius 1 is 1.00 bits per heavy atom. The summed E-state index contributed by atoms with van der Waals surface area (Å²) in [5, 5.41) is 13.1. The third kappa shape index (κ3) is 5.76. The molecule has 2 fully saturated rings. The van der Waals surface area contributed by atoms with Crippen LogP contribution in [0, 0.1) is 5.92 Å². The number of rotatable bonds is 8. The molecule has 204 valence electrons. The zero-order valence-corrected chi connectivity index (χ0v) is 22.1. The lowest BCUT2D eigenvalue weighted by atomic mass is 9.87. The molecular weight excluding hydrogens is 494 g/mol. The summed E-state index contributed by atoms with van der Waals surface area (Å²) in [6.07, 6.45) is 7.51. The predicted molar refractivity (Wildman–Crippen MR) is 149 cm³/mol. The number of nitrogens with zero attached hydrogens (tertiary/aromatic N) is 2. The maximum atomic E-state index is 13.7. The Morgan fingerprint density at radius 3 is 2.36 bits per heavy atom. The molecule has 2 amide bonds. The second-order valence-corrected chi connectivity index (χ2v) is 10.4. The molecule has 1 aliphatic carbocycles. The maximum Gasteiger partial charge on any atom is 0.339 e. The Morgan fingerprint density at radius 2 is 1.69 bits per heavy atom. The van der Waals surface area contributed by atoms with E-state index in [1.165, 1.54) is 6.20 Å². The van der Waals surface area contributed by atoms with Gasteiger partial charge in [0.05, 0.1) is 17.8 Å². The summed E-state index contributed by atoms with van der Waals surface area (Å²) in [4.78, 5) is 42.2. The van der Waals surface area contributed by atoms with Crippen LogP contribution in [0.3, 0.4) is 0 Å². The second kappa shape index (κ2) is 11.9. The molecular formula is C31H35N3O5. The first-order valence-corrected chi connectivity index (χ1v) is 13.7. The van der Waals surface area contributed by atoms with Gasteiger partial charge in [0.2, 0.25) is 5.91 Å². The van der Waals surface area contributed by atoms with Crippen molar-refractivity contribution in [1.82, 2.24) is 4.90 Å². The van der Waals surface area contributed by atoms with Crippen molar-refractivity contribution in [1.29, 1.82) is 0 Å². The van der Waals surface area contributed by atoms with E-state index in [1.54, 1.807) is 21.9 Å². The molecule has 0 atom stereocenters. The van der Waals surface area contributed by atoms with Crippen molar-refractivity contribution in [2.45, 2.75) is 57.5 Å². The van der Waals surface area contributed by atoms with Crippen molar-refractivity contribution in [3.05, 3.63) is 83.7 Å². The molecule has 0 radical (unpaired) electrons. The van der Waals surface area contributed by atoms with Gasteiger partial charge < -0.3 is 25.0 Å². The highest BCUT2D eigenvalue weighted by atomic mass is 16.5. The van der Waals surface area contributed by atoms with E-state index in [0.29, 0.717) is 43.9 Å². The number of carbonyl (C=O) groups excluding carboxylic acids is 2. The SMILES string of the molecule is C=C(/C(=C\Nc1ccc(N2Cc3ccccc3C2=O)cc1)C(=O)O)N(C(=O)C1CCCCC1)C1CCOCC1. The third-order valence-corrected chi connectivity index (χ3v) is 7.96. The first kappa shape index (κ1) is 26.7. The molecule has 0 bridgehead atoms. The number of aliphatic carboxylic acids is 1. The standard InChI is InChI=1S/C31H35N3O5/c1-21(34(26-15-17-39-18-16-26)29(35)22-7-3-2-4-8-22)28(31(37)38)19-32-24-11-13-25(14-12-24)33-20-23-9-5-6-10-27(23)30(33)36/h5-6,9-14,19,22,26,32H,1-4,7-8,15-18,20H2,(H,37,38)/b28-19+. The van der Waals surface area contributed by atoms with Crippen molar-refractivity contribution in [3.63, 3.8) is 0 Å². The molecule has 1 saturated carbocycles. The molecule has 39 heavy (non-hydrogen) atoms. The molecule has 2 heterocycles. The van der Waals surface area contributed by atoms with Crippen LogP contribution in [0.1, 0.15) is 60.9 Å². The first-order valence-electron chi connectivity index (χ1n) is 13.7. The van der Waals surface area contributed by atoms with Crippen molar-refractivity contribution < 1.29 is 24.2 Å². The van der Waals surface area contributed by atoms with E-state index in [4.69, 9.17) is 4.74 Å². The van der Waals surface area contributed by atoms with Crippen LogP contribution in [-0.4, -0.2) is 47.0 Å². The largest absolute Gasteiger partial charge is 0.478 e. The summed E-state index contributed by atoms with van der Waals surface area (Å²) in [7, 11) is 0. The molecule has 3 aliphatic rings. The Balaban J connectivity index is 1.33. The Hall–Kier alpha value is -3.91. The number of nitrogens with one attached hydrogen (secondary N) is 1. The number of ether oxygens (including phenoxy) is 1. The Bertz CT molecular complexity index is 1270. The molecule has 1 saturated heterocycles. The van der Waals surface area contributed by atoms with Gasteiger partial charge in [-0.25, -0.2) is 4.79 Å². The fraction of sp³-hybridized carbons (Fsp3) is 0.387. The molecule has 2 N–H and O–H groups in total. The summed E-state index contributed by atoms with van der Waals surface area (Å²) in [5.74, 6) is -1.32. The minimum absolute atomic E-state index is 0.0284. The zero-order chi connectivity index (χ0) is 27.4. The molecule has 2 aliphatic heterocycles. The van der Waals surface area contributed by atoms with Gasteiger partial charge in [-0.15, -0.1) is 0 Å². The van der Waals surface area contributed by atoms with Crippen LogP contribution >= 0.6 is 0 Å².